The number of hydrogen-bond donors (Lipinski definition) is 1. The summed E-state index contributed by atoms with van der Waals surface area (Å²) in [4.78, 5) is 13.8. The van der Waals surface area contributed by atoms with Gasteiger partial charge in [0.1, 0.15) is 12.4 Å². The van der Waals surface area contributed by atoms with Crippen LogP contribution in [0.25, 0.3) is 0 Å². The minimum Gasteiger partial charge on any atom is -0.507 e. The van der Waals surface area contributed by atoms with E-state index in [1.54, 1.807) is 11.1 Å². The summed E-state index contributed by atoms with van der Waals surface area (Å²) in [7, 11) is 0. The smallest absolute Gasteiger partial charge is 0.414 e. The number of hydrogen-bond acceptors (Lipinski definition) is 3. The Morgan fingerprint density at radius 2 is 1.88 bits per heavy atom. The molecule has 130 valence electrons. The van der Waals surface area contributed by atoms with Crippen LogP contribution in [0.5, 0.6) is 5.75 Å². The standard InChI is InChI=1S/C21H23NO3/c1-15-12-19(13-16(2)20(15)23)18-8-10-22(11-9-18)21(24)25-14-17-6-4-3-5-7-17/h3-8,10,12-13,18,23H,9,11,14H2,1-2H3/t18-/m0/s1. The van der Waals surface area contributed by atoms with E-state index in [1.165, 1.54) is 5.56 Å². The Labute approximate surface area is 148 Å². The Hall–Kier alpha value is -2.75. The van der Waals surface area contributed by atoms with Gasteiger partial charge >= 0.3 is 6.09 Å². The average molecular weight is 337 g/mol. The van der Waals surface area contributed by atoms with Crippen molar-refractivity contribution < 1.29 is 14.6 Å². The quantitative estimate of drug-likeness (QED) is 0.887. The number of amides is 1. The summed E-state index contributed by atoms with van der Waals surface area (Å²) >= 11 is 0. The van der Waals surface area contributed by atoms with Crippen LogP contribution in [0.3, 0.4) is 0 Å². The van der Waals surface area contributed by atoms with Gasteiger partial charge in [-0.3, -0.25) is 4.90 Å². The number of nitrogens with zero attached hydrogens (tertiary/aromatic N) is 1. The van der Waals surface area contributed by atoms with E-state index < -0.39 is 0 Å². The SMILES string of the molecule is Cc1cc([C@H]2C=CN(C(=O)OCc3ccccc3)CC2)cc(C)c1O. The highest BCUT2D eigenvalue weighted by atomic mass is 16.6. The zero-order valence-electron chi connectivity index (χ0n) is 14.6. The Balaban J connectivity index is 1.61. The summed E-state index contributed by atoms with van der Waals surface area (Å²) in [5.41, 5.74) is 3.91. The van der Waals surface area contributed by atoms with Gasteiger partial charge in [0.25, 0.3) is 0 Å². The molecule has 0 saturated carbocycles. The molecule has 1 aliphatic heterocycles. The highest BCUT2D eigenvalue weighted by molar-refractivity contribution is 5.69. The molecule has 0 aromatic heterocycles. The minimum absolute atomic E-state index is 0.246. The molecule has 0 spiro atoms. The summed E-state index contributed by atoms with van der Waals surface area (Å²) in [5.74, 6) is 0.603. The van der Waals surface area contributed by atoms with Crippen molar-refractivity contribution in [3.05, 3.63) is 77.0 Å². The van der Waals surface area contributed by atoms with Crippen LogP contribution in [-0.4, -0.2) is 22.6 Å². The Bertz CT molecular complexity index is 760. The van der Waals surface area contributed by atoms with Gasteiger partial charge in [0.05, 0.1) is 0 Å². The first-order valence-electron chi connectivity index (χ1n) is 8.50. The number of benzene rings is 2. The molecule has 0 unspecified atom stereocenters. The van der Waals surface area contributed by atoms with E-state index in [0.717, 1.165) is 23.1 Å². The van der Waals surface area contributed by atoms with Crippen LogP contribution in [0.1, 0.15) is 34.6 Å². The van der Waals surface area contributed by atoms with E-state index in [4.69, 9.17) is 4.74 Å². The second-order valence-corrected chi connectivity index (χ2v) is 6.47. The van der Waals surface area contributed by atoms with Gasteiger partial charge in [-0.05, 0) is 42.5 Å². The van der Waals surface area contributed by atoms with Gasteiger partial charge in [0, 0.05) is 18.7 Å². The third-order valence-electron chi connectivity index (χ3n) is 4.56. The third kappa shape index (κ3) is 4.02. The predicted octanol–water partition coefficient (Wildman–Crippen LogP) is 4.65. The fourth-order valence-electron chi connectivity index (χ4n) is 3.09. The summed E-state index contributed by atoms with van der Waals surface area (Å²) in [5, 5.41) is 9.91. The van der Waals surface area contributed by atoms with Crippen molar-refractivity contribution in [3.63, 3.8) is 0 Å². The van der Waals surface area contributed by atoms with Crippen LogP contribution in [-0.2, 0) is 11.3 Å². The number of aromatic hydroxyl groups is 1. The average Bonchev–Trinajstić information content (AvgIpc) is 2.64. The third-order valence-corrected chi connectivity index (χ3v) is 4.56. The topological polar surface area (TPSA) is 49.8 Å². The van der Waals surface area contributed by atoms with Gasteiger partial charge in [-0.2, -0.15) is 0 Å². The van der Waals surface area contributed by atoms with Crippen molar-refractivity contribution in [1.82, 2.24) is 4.90 Å². The van der Waals surface area contributed by atoms with E-state index >= 15 is 0 Å². The Morgan fingerprint density at radius 1 is 1.20 bits per heavy atom. The molecule has 0 bridgehead atoms. The first kappa shape index (κ1) is 17.1. The van der Waals surface area contributed by atoms with Crippen LogP contribution in [0.15, 0.2) is 54.7 Å². The second kappa shape index (κ2) is 7.43. The van der Waals surface area contributed by atoms with Gasteiger partial charge in [-0.25, -0.2) is 4.79 Å². The van der Waals surface area contributed by atoms with Crippen LogP contribution >= 0.6 is 0 Å². The van der Waals surface area contributed by atoms with E-state index in [1.807, 2.05) is 62.4 Å². The van der Waals surface area contributed by atoms with E-state index in [2.05, 4.69) is 0 Å². The number of aryl methyl sites for hydroxylation is 2. The lowest BCUT2D eigenvalue weighted by atomic mass is 9.91. The van der Waals surface area contributed by atoms with Crippen molar-refractivity contribution >= 4 is 6.09 Å². The number of phenolic OH excluding ortho intramolecular Hbond substituents is 1. The van der Waals surface area contributed by atoms with Gasteiger partial charge in [-0.15, -0.1) is 0 Å². The zero-order chi connectivity index (χ0) is 17.8. The van der Waals surface area contributed by atoms with Crippen molar-refractivity contribution in [2.24, 2.45) is 0 Å². The van der Waals surface area contributed by atoms with Gasteiger partial charge in [-0.1, -0.05) is 48.5 Å². The molecule has 0 aliphatic carbocycles. The molecule has 1 N–H and O–H groups in total. The molecular formula is C21H23NO3. The maximum Gasteiger partial charge on any atom is 0.414 e. The van der Waals surface area contributed by atoms with Crippen LogP contribution < -0.4 is 0 Å². The summed E-state index contributed by atoms with van der Waals surface area (Å²) in [6.45, 7) is 4.72. The first-order valence-corrected chi connectivity index (χ1v) is 8.50. The van der Waals surface area contributed by atoms with E-state index in [0.29, 0.717) is 12.3 Å². The predicted molar refractivity (Wildman–Crippen MR) is 97.4 cm³/mol. The van der Waals surface area contributed by atoms with E-state index in [-0.39, 0.29) is 18.6 Å². The zero-order valence-corrected chi connectivity index (χ0v) is 14.6. The Morgan fingerprint density at radius 3 is 2.48 bits per heavy atom. The number of ether oxygens (including phenoxy) is 1. The molecule has 0 radical (unpaired) electrons. The number of carbonyl (C=O) groups is 1. The lowest BCUT2D eigenvalue weighted by Gasteiger charge is -2.26. The molecule has 1 atom stereocenters. The summed E-state index contributed by atoms with van der Waals surface area (Å²) in [6, 6.07) is 13.7. The molecule has 4 heteroatoms. The van der Waals surface area contributed by atoms with E-state index in [9.17, 15) is 9.90 Å². The monoisotopic (exact) mass is 337 g/mol. The fraction of sp³-hybridized carbons (Fsp3) is 0.286. The normalized spacial score (nSPS) is 16.7. The van der Waals surface area contributed by atoms with Crippen molar-refractivity contribution in [3.8, 4) is 5.75 Å². The highest BCUT2D eigenvalue weighted by Crippen LogP contribution is 2.31. The van der Waals surface area contributed by atoms with Crippen LogP contribution in [0.2, 0.25) is 0 Å². The molecule has 1 heterocycles. The molecule has 3 rings (SSSR count). The Kier molecular flexibility index (Phi) is 5.08. The molecule has 0 fully saturated rings. The lowest BCUT2D eigenvalue weighted by molar-refractivity contribution is 0.108. The number of carbonyl (C=O) groups excluding carboxylic acids is 1. The molecule has 25 heavy (non-hydrogen) atoms. The van der Waals surface area contributed by atoms with Gasteiger partial charge in [0.15, 0.2) is 0 Å². The maximum atomic E-state index is 12.2. The molecule has 2 aromatic carbocycles. The van der Waals surface area contributed by atoms with Gasteiger partial charge < -0.3 is 9.84 Å². The minimum atomic E-state index is -0.323. The second-order valence-electron chi connectivity index (χ2n) is 6.47. The number of rotatable bonds is 3. The molecule has 0 saturated heterocycles. The number of allylic oxidation sites excluding steroid dienone is 1. The summed E-state index contributed by atoms with van der Waals surface area (Å²) in [6.07, 6.45) is 4.34. The van der Waals surface area contributed by atoms with Crippen molar-refractivity contribution in [2.45, 2.75) is 32.8 Å². The van der Waals surface area contributed by atoms with Crippen molar-refractivity contribution in [1.29, 1.82) is 0 Å². The highest BCUT2D eigenvalue weighted by Gasteiger charge is 2.21. The van der Waals surface area contributed by atoms with Crippen LogP contribution in [0, 0.1) is 13.8 Å². The maximum absolute atomic E-state index is 12.2. The molecule has 1 amide bonds. The molecule has 1 aliphatic rings. The number of phenols is 1. The largest absolute Gasteiger partial charge is 0.507 e. The van der Waals surface area contributed by atoms with Crippen molar-refractivity contribution in [2.75, 3.05) is 6.54 Å². The fourth-order valence-corrected chi connectivity index (χ4v) is 3.09. The van der Waals surface area contributed by atoms with Crippen LogP contribution in [0.4, 0.5) is 4.79 Å². The first-order chi connectivity index (χ1) is 12.0. The molecular weight excluding hydrogens is 314 g/mol. The lowest BCUT2D eigenvalue weighted by Crippen LogP contribution is -2.30. The summed E-state index contributed by atoms with van der Waals surface area (Å²) < 4.78 is 5.37. The van der Waals surface area contributed by atoms with Gasteiger partial charge in [0.2, 0.25) is 0 Å². The molecule has 2 aromatic rings. The molecule has 4 nitrogen and oxygen atoms in total.